The van der Waals surface area contributed by atoms with Crippen LogP contribution in [0, 0.1) is 0 Å². The molecule has 40 valence electrons. The average molecular weight is 108 g/mol. The highest BCUT2D eigenvalue weighted by molar-refractivity contribution is 5.05. The third-order valence-electron chi connectivity index (χ3n) is 0.266. The lowest BCUT2D eigenvalue weighted by Gasteiger charge is -1.74. The fraction of sp³-hybridized carbons (Fsp3) is 0. The highest BCUT2D eigenvalue weighted by Crippen LogP contribution is 2.02. The lowest BCUT2D eigenvalue weighted by atomic mass is 10.6. The topological polar surface area (TPSA) is 0 Å². The number of hydrogen-bond acceptors (Lipinski definition) is 0. The van der Waals surface area contributed by atoms with Crippen molar-refractivity contribution in [2.75, 3.05) is 0 Å². The van der Waals surface area contributed by atoms with Crippen LogP contribution in [0.15, 0.2) is 24.6 Å². The van der Waals surface area contributed by atoms with Gasteiger partial charge in [0.15, 0.2) is 0 Å². The van der Waals surface area contributed by atoms with Crippen LogP contribution in [0.25, 0.3) is 0 Å². The molecule has 0 aromatic rings. The van der Waals surface area contributed by atoms with E-state index in [1.807, 2.05) is 0 Å². The predicted molar refractivity (Wildman–Crippen MR) is 20.5 cm³/mol. The van der Waals surface area contributed by atoms with Crippen LogP contribution >= 0.6 is 0 Å². The van der Waals surface area contributed by atoms with Crippen LogP contribution in [-0.4, -0.2) is 0 Å². The van der Waals surface area contributed by atoms with E-state index >= 15 is 0 Å². The number of halogens is 3. The van der Waals surface area contributed by atoms with E-state index in [-0.39, 0.29) is 6.08 Å². The second kappa shape index (κ2) is 2.44. The second-order valence-electron chi connectivity index (χ2n) is 0.881. The molecule has 0 aliphatic rings. The number of hydrogen-bond donors (Lipinski definition) is 0. The molecule has 0 fully saturated rings. The summed E-state index contributed by atoms with van der Waals surface area (Å²) in [6, 6.07) is 0. The third kappa shape index (κ3) is 5.27. The lowest BCUT2D eigenvalue weighted by molar-refractivity contribution is 0.417. The first-order valence-electron chi connectivity index (χ1n) is 1.50. The Balaban J connectivity index is 3.68. The Kier molecular flexibility index (Phi) is 2.19. The maximum Gasteiger partial charge on any atom is 0.273 e. The summed E-state index contributed by atoms with van der Waals surface area (Å²) in [6.07, 6.45) is -2.01. The smallest absolute Gasteiger partial charge is 0.207 e. The van der Waals surface area contributed by atoms with E-state index in [0.29, 0.717) is 0 Å². The van der Waals surface area contributed by atoms with E-state index in [1.165, 1.54) is 0 Å². The first-order valence-corrected chi connectivity index (χ1v) is 1.50. The molecule has 0 aromatic heterocycles. The normalized spacial score (nSPS) is 7.86. The van der Waals surface area contributed by atoms with Gasteiger partial charge in [0.05, 0.1) is 0 Å². The molecule has 0 amide bonds. The first-order chi connectivity index (χ1) is 3.13. The molecule has 0 rings (SSSR count). The van der Waals surface area contributed by atoms with Crippen molar-refractivity contribution in [1.82, 2.24) is 0 Å². The zero-order valence-electron chi connectivity index (χ0n) is 3.42. The van der Waals surface area contributed by atoms with Gasteiger partial charge in [0.2, 0.25) is 0 Å². The van der Waals surface area contributed by atoms with E-state index in [2.05, 4.69) is 6.58 Å². The minimum Gasteiger partial charge on any atom is -0.207 e. The van der Waals surface area contributed by atoms with E-state index in [9.17, 15) is 13.2 Å². The largest absolute Gasteiger partial charge is 0.273 e. The first kappa shape index (κ1) is 6.27. The molecule has 0 bridgehead atoms. The highest BCUT2D eigenvalue weighted by atomic mass is 19.3. The van der Waals surface area contributed by atoms with Gasteiger partial charge in [0.25, 0.3) is 6.08 Å². The monoisotopic (exact) mass is 108 g/mol. The SMILES string of the molecule is C=C(F)C=C(F)F. The molecular weight excluding hydrogens is 105 g/mol. The van der Waals surface area contributed by atoms with Gasteiger partial charge in [-0.25, -0.2) is 4.39 Å². The summed E-state index contributed by atoms with van der Waals surface area (Å²) in [5.74, 6) is -1.12. The minimum absolute atomic E-state index is 0.0556. The Hall–Kier alpha value is -0.730. The molecule has 0 spiro atoms. The van der Waals surface area contributed by atoms with Gasteiger partial charge >= 0.3 is 0 Å². The fourth-order valence-corrected chi connectivity index (χ4v) is 0.118. The number of rotatable bonds is 1. The van der Waals surface area contributed by atoms with Crippen molar-refractivity contribution in [3.8, 4) is 0 Å². The average Bonchev–Trinajstić information content (AvgIpc) is 1.27. The molecular formula is C4H3F3. The van der Waals surface area contributed by atoms with E-state index in [4.69, 9.17) is 0 Å². The van der Waals surface area contributed by atoms with Gasteiger partial charge in [-0.3, -0.25) is 0 Å². The molecule has 0 atom stereocenters. The molecule has 0 saturated carbocycles. The van der Waals surface area contributed by atoms with E-state index in [0.717, 1.165) is 0 Å². The number of allylic oxidation sites excluding steroid dienone is 2. The molecule has 0 N–H and O–H groups in total. The predicted octanol–water partition coefficient (Wildman–Crippen LogP) is 2.25. The van der Waals surface area contributed by atoms with Crippen LogP contribution in [0.5, 0.6) is 0 Å². The van der Waals surface area contributed by atoms with Crippen LogP contribution in [0.2, 0.25) is 0 Å². The minimum atomic E-state index is -2.06. The van der Waals surface area contributed by atoms with Crippen molar-refractivity contribution in [1.29, 1.82) is 0 Å². The summed E-state index contributed by atoms with van der Waals surface area (Å²) in [4.78, 5) is 0. The Labute approximate surface area is 39.0 Å². The van der Waals surface area contributed by atoms with Crippen molar-refractivity contribution in [2.24, 2.45) is 0 Å². The van der Waals surface area contributed by atoms with Crippen LogP contribution < -0.4 is 0 Å². The van der Waals surface area contributed by atoms with E-state index < -0.39 is 11.9 Å². The van der Waals surface area contributed by atoms with Crippen molar-refractivity contribution >= 4 is 0 Å². The molecule has 0 aromatic carbocycles. The molecule has 0 unspecified atom stereocenters. The van der Waals surface area contributed by atoms with Crippen LogP contribution in [-0.2, 0) is 0 Å². The molecule has 0 nitrogen and oxygen atoms in total. The van der Waals surface area contributed by atoms with Crippen LogP contribution in [0.4, 0.5) is 13.2 Å². The maximum absolute atomic E-state index is 11.2. The van der Waals surface area contributed by atoms with Gasteiger partial charge in [-0.05, 0) is 0 Å². The van der Waals surface area contributed by atoms with Crippen LogP contribution in [0.3, 0.4) is 0 Å². The molecule has 3 heteroatoms. The fourth-order valence-electron chi connectivity index (χ4n) is 0.118. The quantitative estimate of drug-likeness (QED) is 0.452. The van der Waals surface area contributed by atoms with Crippen molar-refractivity contribution in [2.45, 2.75) is 0 Å². The molecule has 0 heterocycles. The van der Waals surface area contributed by atoms with Gasteiger partial charge in [0, 0.05) is 6.08 Å². The molecule has 0 saturated heterocycles. The van der Waals surface area contributed by atoms with Gasteiger partial charge in [0.1, 0.15) is 5.83 Å². The zero-order chi connectivity index (χ0) is 5.86. The standard InChI is InChI=1S/C4H3F3/c1-3(5)2-4(6)7/h2H,1H2. The Morgan fingerprint density at radius 1 is 1.29 bits per heavy atom. The van der Waals surface area contributed by atoms with Gasteiger partial charge in [-0.15, -0.1) is 0 Å². The third-order valence-corrected chi connectivity index (χ3v) is 0.266. The summed E-state index contributed by atoms with van der Waals surface area (Å²) >= 11 is 0. The highest BCUT2D eigenvalue weighted by Gasteiger charge is 1.87. The molecule has 0 radical (unpaired) electrons. The second-order valence-corrected chi connectivity index (χ2v) is 0.881. The summed E-state index contributed by atoms with van der Waals surface area (Å²) in [5, 5.41) is 0. The van der Waals surface area contributed by atoms with Crippen molar-refractivity contribution in [3.63, 3.8) is 0 Å². The zero-order valence-corrected chi connectivity index (χ0v) is 3.42. The van der Waals surface area contributed by atoms with Gasteiger partial charge < -0.3 is 0 Å². The summed E-state index contributed by atoms with van der Waals surface area (Å²) in [6.45, 7) is 2.57. The van der Waals surface area contributed by atoms with Gasteiger partial charge in [-0.2, -0.15) is 8.78 Å². The van der Waals surface area contributed by atoms with Gasteiger partial charge in [-0.1, -0.05) is 6.58 Å². The summed E-state index contributed by atoms with van der Waals surface area (Å²) in [7, 11) is 0. The summed E-state index contributed by atoms with van der Waals surface area (Å²) in [5.41, 5.74) is 0. The molecule has 0 aliphatic carbocycles. The molecule has 7 heavy (non-hydrogen) atoms. The Morgan fingerprint density at radius 3 is 1.71 bits per heavy atom. The van der Waals surface area contributed by atoms with Crippen molar-refractivity contribution in [3.05, 3.63) is 24.6 Å². The summed E-state index contributed by atoms with van der Waals surface area (Å²) < 4.78 is 32.9. The Bertz CT molecular complexity index is 99.5. The van der Waals surface area contributed by atoms with Crippen molar-refractivity contribution < 1.29 is 13.2 Å². The lowest BCUT2D eigenvalue weighted by Crippen LogP contribution is -1.58. The molecule has 0 aliphatic heterocycles. The van der Waals surface area contributed by atoms with E-state index in [1.54, 1.807) is 0 Å². The maximum atomic E-state index is 11.2. The van der Waals surface area contributed by atoms with Crippen LogP contribution in [0.1, 0.15) is 0 Å². The Morgan fingerprint density at radius 2 is 1.71 bits per heavy atom.